The van der Waals surface area contributed by atoms with Crippen LogP contribution in [-0.4, -0.2) is 23.2 Å². The largest absolute Gasteiger partial charge is 0.391 e. The van der Waals surface area contributed by atoms with Crippen LogP contribution in [0.1, 0.15) is 44.9 Å². The van der Waals surface area contributed by atoms with Gasteiger partial charge in [0, 0.05) is 5.92 Å². The molecule has 3 nitrogen and oxygen atoms in total. The standard InChI is InChI=1S/C13H21NO2/c15-12-9-5-4-8-11(12)14-13(16)10-6-2-1-3-7-10/h1-2,10-12,15H,3-9H2,(H,14,16)/t10?,11-,12-/m1/s1. The third kappa shape index (κ3) is 2.85. The van der Waals surface area contributed by atoms with E-state index in [1.165, 1.54) is 0 Å². The van der Waals surface area contributed by atoms with Gasteiger partial charge in [-0.2, -0.15) is 0 Å². The van der Waals surface area contributed by atoms with Crippen molar-refractivity contribution < 1.29 is 9.90 Å². The van der Waals surface area contributed by atoms with Gasteiger partial charge in [0.1, 0.15) is 0 Å². The van der Waals surface area contributed by atoms with Crippen LogP contribution in [0, 0.1) is 5.92 Å². The molecule has 2 rings (SSSR count). The van der Waals surface area contributed by atoms with Gasteiger partial charge in [-0.1, -0.05) is 25.0 Å². The number of amides is 1. The van der Waals surface area contributed by atoms with Crippen LogP contribution in [-0.2, 0) is 4.79 Å². The number of nitrogens with one attached hydrogen (secondary N) is 1. The van der Waals surface area contributed by atoms with Crippen LogP contribution >= 0.6 is 0 Å². The fourth-order valence-corrected chi connectivity index (χ4v) is 2.61. The molecule has 0 aliphatic heterocycles. The maximum absolute atomic E-state index is 12.0. The van der Waals surface area contributed by atoms with Crippen LogP contribution in [0.5, 0.6) is 0 Å². The summed E-state index contributed by atoms with van der Waals surface area (Å²) in [5.74, 6) is 0.259. The van der Waals surface area contributed by atoms with Crippen LogP contribution in [0.2, 0.25) is 0 Å². The molecule has 1 amide bonds. The van der Waals surface area contributed by atoms with Gasteiger partial charge in [0.2, 0.25) is 5.91 Å². The summed E-state index contributed by atoms with van der Waals surface area (Å²) in [6.45, 7) is 0. The molecule has 3 atom stereocenters. The lowest BCUT2D eigenvalue weighted by Crippen LogP contribution is -2.47. The van der Waals surface area contributed by atoms with E-state index in [4.69, 9.17) is 0 Å². The quantitative estimate of drug-likeness (QED) is 0.701. The Labute approximate surface area is 96.9 Å². The second-order valence-electron chi connectivity index (χ2n) is 4.95. The second-order valence-corrected chi connectivity index (χ2v) is 4.95. The third-order valence-corrected chi connectivity index (χ3v) is 3.70. The molecule has 0 aromatic heterocycles. The van der Waals surface area contributed by atoms with E-state index in [1.807, 2.05) is 0 Å². The molecule has 2 aliphatic rings. The molecule has 0 saturated heterocycles. The zero-order chi connectivity index (χ0) is 11.4. The lowest BCUT2D eigenvalue weighted by molar-refractivity contribution is -0.127. The minimum Gasteiger partial charge on any atom is -0.391 e. The molecule has 1 unspecified atom stereocenters. The highest BCUT2D eigenvalue weighted by molar-refractivity contribution is 5.79. The van der Waals surface area contributed by atoms with Crippen LogP contribution in [0.15, 0.2) is 12.2 Å². The molecule has 1 fully saturated rings. The number of hydrogen-bond acceptors (Lipinski definition) is 2. The molecule has 0 aromatic carbocycles. The van der Waals surface area contributed by atoms with Crippen molar-refractivity contribution in [2.75, 3.05) is 0 Å². The zero-order valence-electron chi connectivity index (χ0n) is 9.69. The first-order valence-electron chi connectivity index (χ1n) is 6.41. The van der Waals surface area contributed by atoms with Crippen molar-refractivity contribution in [1.82, 2.24) is 5.32 Å². The molecule has 3 heteroatoms. The normalized spacial score (nSPS) is 34.7. The van der Waals surface area contributed by atoms with Gasteiger partial charge in [-0.15, -0.1) is 0 Å². The van der Waals surface area contributed by atoms with Crippen LogP contribution in [0.3, 0.4) is 0 Å². The van der Waals surface area contributed by atoms with E-state index in [2.05, 4.69) is 17.5 Å². The first-order valence-corrected chi connectivity index (χ1v) is 6.41. The maximum Gasteiger partial charge on any atom is 0.223 e. The first-order chi connectivity index (χ1) is 7.77. The molecule has 0 spiro atoms. The highest BCUT2D eigenvalue weighted by Crippen LogP contribution is 2.21. The number of allylic oxidation sites excluding steroid dienone is 2. The maximum atomic E-state index is 12.0. The Bertz CT molecular complexity index is 275. The van der Waals surface area contributed by atoms with E-state index >= 15 is 0 Å². The number of aliphatic hydroxyl groups is 1. The number of hydrogen-bond donors (Lipinski definition) is 2. The van der Waals surface area contributed by atoms with Gasteiger partial charge in [0.15, 0.2) is 0 Å². The predicted octanol–water partition coefficient (Wildman–Crippen LogP) is 1.76. The SMILES string of the molecule is O=C(N[C@@H]1CCCC[C@H]1O)C1CC=CCC1. The van der Waals surface area contributed by atoms with Crippen molar-refractivity contribution in [3.63, 3.8) is 0 Å². The average Bonchev–Trinajstić information content (AvgIpc) is 2.33. The number of carbonyl (C=O) groups is 1. The van der Waals surface area contributed by atoms with Crippen LogP contribution in [0.4, 0.5) is 0 Å². The molecule has 0 heterocycles. The Morgan fingerprint density at radius 1 is 1.19 bits per heavy atom. The number of rotatable bonds is 2. The Morgan fingerprint density at radius 2 is 2.00 bits per heavy atom. The molecular weight excluding hydrogens is 202 g/mol. The highest BCUT2D eigenvalue weighted by atomic mass is 16.3. The molecule has 0 bridgehead atoms. The Hall–Kier alpha value is -0.830. The van der Waals surface area contributed by atoms with E-state index in [0.717, 1.165) is 44.9 Å². The van der Waals surface area contributed by atoms with Gasteiger partial charge in [-0.25, -0.2) is 0 Å². The Morgan fingerprint density at radius 3 is 2.69 bits per heavy atom. The topological polar surface area (TPSA) is 49.3 Å². The molecule has 90 valence electrons. The van der Waals surface area contributed by atoms with Gasteiger partial charge in [0.05, 0.1) is 12.1 Å². The lowest BCUT2D eigenvalue weighted by atomic mass is 9.90. The summed E-state index contributed by atoms with van der Waals surface area (Å²) in [6.07, 6.45) is 10.7. The highest BCUT2D eigenvalue weighted by Gasteiger charge is 2.27. The van der Waals surface area contributed by atoms with Crippen molar-refractivity contribution in [2.45, 2.75) is 57.1 Å². The molecular formula is C13H21NO2. The van der Waals surface area contributed by atoms with Gasteiger partial charge in [0.25, 0.3) is 0 Å². The predicted molar refractivity (Wildman–Crippen MR) is 62.9 cm³/mol. The average molecular weight is 223 g/mol. The lowest BCUT2D eigenvalue weighted by Gasteiger charge is -2.30. The molecule has 2 aliphatic carbocycles. The van der Waals surface area contributed by atoms with Crippen molar-refractivity contribution in [1.29, 1.82) is 0 Å². The van der Waals surface area contributed by atoms with Crippen molar-refractivity contribution >= 4 is 5.91 Å². The fourth-order valence-electron chi connectivity index (χ4n) is 2.61. The molecule has 0 aromatic rings. The summed E-state index contributed by atoms with van der Waals surface area (Å²) < 4.78 is 0. The first kappa shape index (κ1) is 11.6. The number of aliphatic hydroxyl groups excluding tert-OH is 1. The van der Waals surface area contributed by atoms with Gasteiger partial charge in [-0.05, 0) is 32.1 Å². The number of carbonyl (C=O) groups excluding carboxylic acids is 1. The van der Waals surface area contributed by atoms with Crippen molar-refractivity contribution in [3.05, 3.63) is 12.2 Å². The molecule has 2 N–H and O–H groups in total. The van der Waals surface area contributed by atoms with E-state index in [1.54, 1.807) is 0 Å². The van der Waals surface area contributed by atoms with Crippen LogP contribution in [0.25, 0.3) is 0 Å². The van der Waals surface area contributed by atoms with Gasteiger partial charge >= 0.3 is 0 Å². The molecule has 16 heavy (non-hydrogen) atoms. The summed E-state index contributed by atoms with van der Waals surface area (Å²) in [7, 11) is 0. The molecule has 0 radical (unpaired) electrons. The second kappa shape index (κ2) is 5.48. The summed E-state index contributed by atoms with van der Waals surface area (Å²) in [5, 5.41) is 12.8. The minimum absolute atomic E-state index is 0.00726. The summed E-state index contributed by atoms with van der Waals surface area (Å²) >= 11 is 0. The minimum atomic E-state index is -0.336. The van der Waals surface area contributed by atoms with Crippen molar-refractivity contribution in [2.24, 2.45) is 5.92 Å². The van der Waals surface area contributed by atoms with E-state index < -0.39 is 0 Å². The fraction of sp³-hybridized carbons (Fsp3) is 0.769. The van der Waals surface area contributed by atoms with Crippen molar-refractivity contribution in [3.8, 4) is 0 Å². The summed E-state index contributed by atoms with van der Waals surface area (Å²) in [6, 6.07) is -0.00726. The van der Waals surface area contributed by atoms with E-state index in [-0.39, 0.29) is 24.0 Å². The van der Waals surface area contributed by atoms with E-state index in [9.17, 15) is 9.90 Å². The smallest absolute Gasteiger partial charge is 0.223 e. The summed E-state index contributed by atoms with van der Waals surface area (Å²) in [4.78, 5) is 12.0. The van der Waals surface area contributed by atoms with Gasteiger partial charge in [-0.3, -0.25) is 4.79 Å². The summed E-state index contributed by atoms with van der Waals surface area (Å²) in [5.41, 5.74) is 0. The Balaban J connectivity index is 1.83. The van der Waals surface area contributed by atoms with Crippen LogP contribution < -0.4 is 5.32 Å². The monoisotopic (exact) mass is 223 g/mol. The van der Waals surface area contributed by atoms with Gasteiger partial charge < -0.3 is 10.4 Å². The molecule has 1 saturated carbocycles. The Kier molecular flexibility index (Phi) is 3.99. The third-order valence-electron chi connectivity index (χ3n) is 3.70. The van der Waals surface area contributed by atoms with E-state index in [0.29, 0.717) is 0 Å². The zero-order valence-corrected chi connectivity index (χ0v) is 9.69.